The summed E-state index contributed by atoms with van der Waals surface area (Å²) in [4.78, 5) is 9.95. The Labute approximate surface area is 146 Å². The molecule has 7 nitrogen and oxygen atoms in total. The molecule has 0 spiro atoms. The number of aryl methyl sites for hydroxylation is 1. The number of hydrogen-bond donors (Lipinski definition) is 1. The molecule has 140 valence electrons. The number of halogens is 3. The van der Waals surface area contributed by atoms with Gasteiger partial charge in [-0.25, -0.2) is 8.42 Å². The first-order chi connectivity index (χ1) is 12.0. The molecule has 0 bridgehead atoms. The van der Waals surface area contributed by atoms with Crippen LogP contribution in [0.4, 0.5) is 24.5 Å². The third-order valence-corrected chi connectivity index (χ3v) is 4.49. The lowest BCUT2D eigenvalue weighted by atomic mass is 10.2. The summed E-state index contributed by atoms with van der Waals surface area (Å²) < 4.78 is 68.0. The Morgan fingerprint density at radius 1 is 1.15 bits per heavy atom. The largest absolute Gasteiger partial charge is 0.484 e. The smallest absolute Gasteiger partial charge is 0.422 e. The second-order valence-electron chi connectivity index (χ2n) is 5.30. The van der Waals surface area contributed by atoms with Crippen molar-refractivity contribution in [1.29, 1.82) is 0 Å². The van der Waals surface area contributed by atoms with E-state index in [2.05, 4.69) is 9.46 Å². The van der Waals surface area contributed by atoms with Gasteiger partial charge >= 0.3 is 6.18 Å². The van der Waals surface area contributed by atoms with Crippen molar-refractivity contribution in [1.82, 2.24) is 0 Å². The van der Waals surface area contributed by atoms with Gasteiger partial charge in [-0.05, 0) is 19.1 Å². The van der Waals surface area contributed by atoms with Crippen LogP contribution >= 0.6 is 0 Å². The predicted molar refractivity (Wildman–Crippen MR) is 86.6 cm³/mol. The lowest BCUT2D eigenvalue weighted by Crippen LogP contribution is -2.19. The van der Waals surface area contributed by atoms with Crippen LogP contribution in [0.5, 0.6) is 5.75 Å². The fourth-order valence-electron chi connectivity index (χ4n) is 1.93. The minimum absolute atomic E-state index is 0.104. The highest BCUT2D eigenvalue weighted by Gasteiger charge is 2.29. The molecule has 0 aliphatic heterocycles. The molecule has 0 aliphatic carbocycles. The van der Waals surface area contributed by atoms with Crippen LogP contribution in [0.2, 0.25) is 0 Å². The summed E-state index contributed by atoms with van der Waals surface area (Å²) in [5.41, 5.74) is -0.0923. The minimum atomic E-state index is -4.65. The molecule has 0 saturated carbocycles. The summed E-state index contributed by atoms with van der Waals surface area (Å²) in [6, 6.07) is 8.36. The summed E-state index contributed by atoms with van der Waals surface area (Å²) in [5, 5.41) is 10.9. The zero-order valence-corrected chi connectivity index (χ0v) is 14.1. The lowest BCUT2D eigenvalue weighted by Gasteiger charge is -2.12. The summed E-state index contributed by atoms with van der Waals surface area (Å²) in [6.45, 7) is 0.0902. The van der Waals surface area contributed by atoms with Gasteiger partial charge in [0, 0.05) is 12.1 Å². The van der Waals surface area contributed by atoms with E-state index in [4.69, 9.17) is 0 Å². The minimum Gasteiger partial charge on any atom is -0.484 e. The third kappa shape index (κ3) is 5.34. The van der Waals surface area contributed by atoms with E-state index in [1.54, 1.807) is 19.1 Å². The number of anilines is 1. The van der Waals surface area contributed by atoms with Crippen LogP contribution < -0.4 is 9.46 Å². The van der Waals surface area contributed by atoms with Gasteiger partial charge in [-0.15, -0.1) is 0 Å². The van der Waals surface area contributed by atoms with E-state index in [1.807, 2.05) is 0 Å². The number of nitrogens with one attached hydrogen (secondary N) is 1. The molecule has 1 N–H and O–H groups in total. The maximum Gasteiger partial charge on any atom is 0.422 e. The SMILES string of the molecule is Cc1ccc(S(=O)(=O)Nc2cc(OCC(F)(F)F)cc([N+](=O)[O-])c2)cc1. The highest BCUT2D eigenvalue weighted by Crippen LogP contribution is 2.29. The second-order valence-corrected chi connectivity index (χ2v) is 6.98. The Bertz CT molecular complexity index is 912. The van der Waals surface area contributed by atoms with Gasteiger partial charge in [0.2, 0.25) is 0 Å². The van der Waals surface area contributed by atoms with Crippen molar-refractivity contribution >= 4 is 21.4 Å². The number of sulfonamides is 1. The summed E-state index contributed by atoms with van der Waals surface area (Å²) in [6.07, 6.45) is -4.65. The normalized spacial score (nSPS) is 11.8. The molecule has 11 heteroatoms. The molecular formula is C15H13F3N2O5S. The van der Waals surface area contributed by atoms with Gasteiger partial charge in [0.1, 0.15) is 5.75 Å². The monoisotopic (exact) mass is 390 g/mol. The van der Waals surface area contributed by atoms with Gasteiger partial charge < -0.3 is 4.74 Å². The van der Waals surface area contributed by atoms with Gasteiger partial charge in [-0.3, -0.25) is 14.8 Å². The average molecular weight is 390 g/mol. The van der Waals surface area contributed by atoms with Crippen molar-refractivity contribution in [2.45, 2.75) is 18.0 Å². The van der Waals surface area contributed by atoms with Gasteiger partial charge in [-0.1, -0.05) is 17.7 Å². The number of benzene rings is 2. The molecule has 2 rings (SSSR count). The molecule has 0 aromatic heterocycles. The van der Waals surface area contributed by atoms with Crippen LogP contribution in [0, 0.1) is 17.0 Å². The molecule has 0 saturated heterocycles. The van der Waals surface area contributed by atoms with Crippen molar-refractivity contribution < 1.29 is 31.2 Å². The van der Waals surface area contributed by atoms with E-state index in [-0.39, 0.29) is 10.6 Å². The zero-order valence-electron chi connectivity index (χ0n) is 13.3. The molecule has 2 aromatic carbocycles. The van der Waals surface area contributed by atoms with Crippen LogP contribution in [0.15, 0.2) is 47.4 Å². The Kier molecular flexibility index (Phi) is 5.40. The van der Waals surface area contributed by atoms with Gasteiger partial charge in [0.25, 0.3) is 15.7 Å². The Morgan fingerprint density at radius 2 is 1.77 bits per heavy atom. The van der Waals surface area contributed by atoms with Crippen molar-refractivity contribution in [3.05, 3.63) is 58.1 Å². The highest BCUT2D eigenvalue weighted by molar-refractivity contribution is 7.92. The first-order valence-electron chi connectivity index (χ1n) is 7.05. The Balaban J connectivity index is 2.34. The molecule has 0 heterocycles. The standard InChI is InChI=1S/C15H13F3N2O5S/c1-10-2-4-14(5-3-10)26(23,24)19-11-6-12(20(21)22)8-13(7-11)25-9-15(16,17)18/h2-8,19H,9H2,1H3. The number of nitro groups is 1. The van der Waals surface area contributed by atoms with Crippen molar-refractivity contribution in [2.24, 2.45) is 0 Å². The summed E-state index contributed by atoms with van der Waals surface area (Å²) in [5.74, 6) is -0.488. The Morgan fingerprint density at radius 3 is 2.31 bits per heavy atom. The number of nitrogens with zero attached hydrogens (tertiary/aromatic N) is 1. The van der Waals surface area contributed by atoms with E-state index in [1.165, 1.54) is 12.1 Å². The molecule has 0 atom stereocenters. The fraction of sp³-hybridized carbons (Fsp3) is 0.200. The van der Waals surface area contributed by atoms with Gasteiger partial charge in [-0.2, -0.15) is 13.2 Å². The predicted octanol–water partition coefficient (Wildman–Crippen LogP) is 3.65. The van der Waals surface area contributed by atoms with Gasteiger partial charge in [0.05, 0.1) is 21.6 Å². The van der Waals surface area contributed by atoms with Crippen LogP contribution in [0.25, 0.3) is 0 Å². The number of nitro benzene ring substituents is 1. The number of hydrogen-bond acceptors (Lipinski definition) is 5. The van der Waals surface area contributed by atoms with E-state index in [0.717, 1.165) is 23.8 Å². The second kappa shape index (κ2) is 7.20. The molecule has 26 heavy (non-hydrogen) atoms. The first-order valence-corrected chi connectivity index (χ1v) is 8.53. The molecule has 2 aromatic rings. The summed E-state index contributed by atoms with van der Waals surface area (Å²) >= 11 is 0. The number of rotatable bonds is 6. The van der Waals surface area contributed by atoms with Crippen LogP contribution in [-0.2, 0) is 10.0 Å². The maximum absolute atomic E-state index is 12.3. The quantitative estimate of drug-likeness (QED) is 0.600. The van der Waals surface area contributed by atoms with Crippen LogP contribution in [0.3, 0.4) is 0 Å². The number of non-ortho nitro benzene ring substituents is 1. The lowest BCUT2D eigenvalue weighted by molar-refractivity contribution is -0.384. The topological polar surface area (TPSA) is 98.5 Å². The molecule has 0 unspecified atom stereocenters. The zero-order chi connectivity index (χ0) is 19.5. The average Bonchev–Trinajstić information content (AvgIpc) is 2.52. The maximum atomic E-state index is 12.3. The van der Waals surface area contributed by atoms with E-state index in [0.29, 0.717) is 0 Å². The molecule has 0 fully saturated rings. The third-order valence-electron chi connectivity index (χ3n) is 3.09. The molecule has 0 amide bonds. The van der Waals surface area contributed by atoms with Crippen LogP contribution in [-0.4, -0.2) is 26.1 Å². The van der Waals surface area contributed by atoms with E-state index in [9.17, 15) is 31.7 Å². The first kappa shape index (κ1) is 19.5. The van der Waals surface area contributed by atoms with E-state index < -0.39 is 39.2 Å². The fourth-order valence-corrected chi connectivity index (χ4v) is 2.97. The van der Waals surface area contributed by atoms with Gasteiger partial charge in [0.15, 0.2) is 6.61 Å². The molecule has 0 aliphatic rings. The molecular weight excluding hydrogens is 377 g/mol. The van der Waals surface area contributed by atoms with Crippen molar-refractivity contribution in [3.8, 4) is 5.75 Å². The van der Waals surface area contributed by atoms with Crippen molar-refractivity contribution in [2.75, 3.05) is 11.3 Å². The number of ether oxygens (including phenoxy) is 1. The highest BCUT2D eigenvalue weighted by atomic mass is 32.2. The van der Waals surface area contributed by atoms with Crippen LogP contribution in [0.1, 0.15) is 5.56 Å². The Hall–Kier alpha value is -2.82. The number of alkyl halides is 3. The summed E-state index contributed by atoms with van der Waals surface area (Å²) in [7, 11) is -4.08. The van der Waals surface area contributed by atoms with Crippen molar-refractivity contribution in [3.63, 3.8) is 0 Å². The molecule has 0 radical (unpaired) electrons. The van der Waals surface area contributed by atoms with E-state index >= 15 is 0 Å².